The molecule has 2 atom stereocenters. The number of nitrogens with one attached hydrogen (secondary N) is 2. The first-order valence-electron chi connectivity index (χ1n) is 13.6. The average molecular weight is 634 g/mol. The van der Waals surface area contributed by atoms with Gasteiger partial charge in [0.05, 0.1) is 25.3 Å². The first kappa shape index (κ1) is 30.2. The number of fused-ring (bicyclic) bond motifs is 3. The number of aromatic nitrogens is 1. The van der Waals surface area contributed by atoms with Gasteiger partial charge in [0.1, 0.15) is 17.5 Å². The van der Waals surface area contributed by atoms with Gasteiger partial charge in [0.2, 0.25) is 10.0 Å². The highest BCUT2D eigenvalue weighted by Gasteiger charge is 2.35. The van der Waals surface area contributed by atoms with Crippen molar-refractivity contribution in [3.05, 3.63) is 93.6 Å². The summed E-state index contributed by atoms with van der Waals surface area (Å²) in [4.78, 5) is 18.7. The van der Waals surface area contributed by atoms with Crippen LogP contribution < -0.4 is 14.2 Å². The summed E-state index contributed by atoms with van der Waals surface area (Å²) in [5.41, 5.74) is 3.80. The van der Waals surface area contributed by atoms with Gasteiger partial charge in [-0.25, -0.2) is 17.9 Å². The number of amides is 1. The molecule has 2 heterocycles. The molecule has 0 spiro atoms. The SMILES string of the molecule is CCS(=O)(=O)NCC([OH2+])CCOc1ccc([C@H]2c3[nH]c4ccc(Cl)cc4c3CCN2C(=O)Oc2ccc(Cl)cc2)cc1. The number of carbonyl (C=O) groups is 1. The molecule has 0 aliphatic carbocycles. The van der Waals surface area contributed by atoms with Crippen LogP contribution in [0.3, 0.4) is 0 Å². The molecular weight excluding hydrogens is 601 g/mol. The third-order valence-corrected chi connectivity index (χ3v) is 9.06. The Labute approximate surface area is 254 Å². The van der Waals surface area contributed by atoms with Crippen molar-refractivity contribution in [2.75, 3.05) is 25.4 Å². The number of hydrogen-bond acceptors (Lipinski definition) is 5. The summed E-state index contributed by atoms with van der Waals surface area (Å²) < 4.78 is 37.2. The molecule has 12 heteroatoms. The molecule has 42 heavy (non-hydrogen) atoms. The molecule has 1 unspecified atom stereocenters. The molecule has 0 bridgehead atoms. The van der Waals surface area contributed by atoms with Crippen LogP contribution in [0.2, 0.25) is 10.0 Å². The predicted octanol–water partition coefficient (Wildman–Crippen LogP) is 5.42. The Bertz CT molecular complexity index is 1660. The van der Waals surface area contributed by atoms with Crippen LogP contribution in [-0.4, -0.2) is 61.1 Å². The van der Waals surface area contributed by atoms with Crippen LogP contribution in [0.1, 0.15) is 36.2 Å². The minimum atomic E-state index is -3.33. The zero-order valence-corrected chi connectivity index (χ0v) is 25.2. The maximum atomic E-state index is 13.5. The van der Waals surface area contributed by atoms with Gasteiger partial charge in [0.15, 0.2) is 6.10 Å². The molecule has 0 fully saturated rings. The van der Waals surface area contributed by atoms with E-state index in [1.165, 1.54) is 0 Å². The van der Waals surface area contributed by atoms with Crippen molar-refractivity contribution in [3.8, 4) is 11.5 Å². The summed E-state index contributed by atoms with van der Waals surface area (Å²) in [6.45, 7) is 2.30. The first-order valence-corrected chi connectivity index (χ1v) is 16.0. The topological polar surface area (TPSA) is 124 Å². The maximum Gasteiger partial charge on any atom is 0.416 e. The monoisotopic (exact) mass is 632 g/mol. The number of halogens is 2. The molecule has 1 amide bonds. The molecule has 1 aliphatic rings. The van der Waals surface area contributed by atoms with Crippen molar-refractivity contribution in [3.63, 3.8) is 0 Å². The largest absolute Gasteiger partial charge is 0.493 e. The number of aromatic amines is 1. The normalized spacial score (nSPS) is 15.8. The summed E-state index contributed by atoms with van der Waals surface area (Å²) in [7, 11) is -3.33. The molecule has 3 aromatic carbocycles. The summed E-state index contributed by atoms with van der Waals surface area (Å²) in [5, 5.41) is 10.3. The number of benzene rings is 3. The average Bonchev–Trinajstić information content (AvgIpc) is 3.35. The second kappa shape index (κ2) is 12.9. The minimum Gasteiger partial charge on any atom is -0.493 e. The lowest BCUT2D eigenvalue weighted by Crippen LogP contribution is -2.42. The summed E-state index contributed by atoms with van der Waals surface area (Å²) in [5.74, 6) is 0.985. The van der Waals surface area contributed by atoms with Crippen molar-refractivity contribution < 1.29 is 27.8 Å². The Hall–Kier alpha value is -3.28. The van der Waals surface area contributed by atoms with E-state index in [4.69, 9.17) is 37.8 Å². The van der Waals surface area contributed by atoms with Gasteiger partial charge in [-0.1, -0.05) is 35.3 Å². The number of ether oxygens (including phenoxy) is 2. The van der Waals surface area contributed by atoms with Crippen LogP contribution in [0.5, 0.6) is 11.5 Å². The smallest absolute Gasteiger partial charge is 0.416 e. The highest BCUT2D eigenvalue weighted by Crippen LogP contribution is 2.40. The van der Waals surface area contributed by atoms with Crippen LogP contribution in [0.4, 0.5) is 4.79 Å². The van der Waals surface area contributed by atoms with Crippen LogP contribution in [0.25, 0.3) is 10.9 Å². The fourth-order valence-corrected chi connectivity index (χ4v) is 5.92. The molecule has 0 saturated heterocycles. The highest BCUT2D eigenvalue weighted by molar-refractivity contribution is 7.89. The number of nitrogens with zero attached hydrogens (tertiary/aromatic N) is 1. The summed E-state index contributed by atoms with van der Waals surface area (Å²) >= 11 is 12.3. The molecule has 0 saturated carbocycles. The second-order valence-electron chi connectivity index (χ2n) is 10.0. The zero-order valence-electron chi connectivity index (χ0n) is 22.9. The van der Waals surface area contributed by atoms with E-state index >= 15 is 0 Å². The van der Waals surface area contributed by atoms with E-state index in [2.05, 4.69) is 9.71 Å². The van der Waals surface area contributed by atoms with Crippen LogP contribution in [-0.2, 0) is 16.4 Å². The lowest BCUT2D eigenvalue weighted by Gasteiger charge is -2.35. The van der Waals surface area contributed by atoms with Gasteiger partial charge in [-0.2, -0.15) is 0 Å². The third kappa shape index (κ3) is 7.02. The molecule has 1 aliphatic heterocycles. The predicted molar refractivity (Wildman–Crippen MR) is 164 cm³/mol. The van der Waals surface area contributed by atoms with E-state index in [1.54, 1.807) is 36.1 Å². The minimum absolute atomic E-state index is 0.0202. The standard InChI is InChI=1S/C30H31Cl2N3O6S/c1-2-42(38,39)33-18-22(36)14-16-40-23-8-3-19(4-9-23)29-28-25(26-17-21(32)7-12-27(26)34-28)13-15-35(29)30(37)41-24-10-5-20(31)6-11-24/h3-12,17,22,29,33-34,36H,2,13-16,18H2,1H3/p+1/t22?,29-/m0/s1. The van der Waals surface area contributed by atoms with Crippen molar-refractivity contribution in [2.24, 2.45) is 0 Å². The van der Waals surface area contributed by atoms with Crippen LogP contribution in [0.15, 0.2) is 66.7 Å². The lowest BCUT2D eigenvalue weighted by molar-refractivity contribution is 0.135. The quantitative estimate of drug-likeness (QED) is 0.226. The van der Waals surface area contributed by atoms with E-state index in [9.17, 15) is 13.2 Å². The molecule has 4 N–H and O–H groups in total. The number of sulfonamides is 1. The molecular formula is C30H32Cl2N3O6S+. The molecule has 0 radical (unpaired) electrons. The van der Waals surface area contributed by atoms with E-state index in [0.717, 1.165) is 27.7 Å². The first-order chi connectivity index (χ1) is 20.1. The Morgan fingerprint density at radius 3 is 2.48 bits per heavy atom. The van der Waals surface area contributed by atoms with Crippen LogP contribution in [0, 0.1) is 0 Å². The Balaban J connectivity index is 1.35. The molecule has 4 aromatic rings. The molecule has 9 nitrogen and oxygen atoms in total. The van der Waals surface area contributed by atoms with Crippen molar-refractivity contribution in [1.29, 1.82) is 0 Å². The highest BCUT2D eigenvalue weighted by atomic mass is 35.5. The van der Waals surface area contributed by atoms with Gasteiger partial charge in [-0.15, -0.1) is 0 Å². The van der Waals surface area contributed by atoms with E-state index < -0.39 is 28.3 Å². The van der Waals surface area contributed by atoms with Gasteiger partial charge in [0.25, 0.3) is 0 Å². The fraction of sp³-hybridized carbons (Fsp3) is 0.300. The van der Waals surface area contributed by atoms with Gasteiger partial charge >= 0.3 is 6.09 Å². The number of H-pyrrole nitrogens is 1. The maximum absolute atomic E-state index is 13.5. The number of hydrogen-bond donors (Lipinski definition) is 2. The van der Waals surface area contributed by atoms with Crippen molar-refractivity contribution in [1.82, 2.24) is 14.6 Å². The second-order valence-corrected chi connectivity index (χ2v) is 13.0. The van der Waals surface area contributed by atoms with Gasteiger partial charge < -0.3 is 19.6 Å². The zero-order chi connectivity index (χ0) is 29.9. The molecule has 1 aromatic heterocycles. The van der Waals surface area contributed by atoms with E-state index in [0.29, 0.717) is 40.9 Å². The van der Waals surface area contributed by atoms with E-state index in [1.807, 2.05) is 42.5 Å². The molecule has 5 rings (SSSR count). The lowest BCUT2D eigenvalue weighted by atomic mass is 9.92. The molecule has 222 valence electrons. The third-order valence-electron chi connectivity index (χ3n) is 7.20. The van der Waals surface area contributed by atoms with E-state index in [-0.39, 0.29) is 18.9 Å². The fourth-order valence-electron chi connectivity index (χ4n) is 4.96. The van der Waals surface area contributed by atoms with Crippen molar-refractivity contribution in [2.45, 2.75) is 31.9 Å². The van der Waals surface area contributed by atoms with Crippen molar-refractivity contribution >= 4 is 50.2 Å². The number of carbonyl (C=O) groups excluding carboxylic acids is 1. The van der Waals surface area contributed by atoms with Gasteiger partial charge in [0, 0.05) is 33.2 Å². The summed E-state index contributed by atoms with van der Waals surface area (Å²) in [6, 6.07) is 19.4. The summed E-state index contributed by atoms with van der Waals surface area (Å²) in [6.07, 6.45) is -0.111. The number of rotatable bonds is 10. The van der Waals surface area contributed by atoms with Gasteiger partial charge in [-0.05, 0) is 79.1 Å². The van der Waals surface area contributed by atoms with Crippen LogP contribution >= 0.6 is 23.2 Å². The Kier molecular flexibility index (Phi) is 9.29. The van der Waals surface area contributed by atoms with Gasteiger partial charge in [-0.3, -0.25) is 4.90 Å². The Morgan fingerprint density at radius 1 is 1.07 bits per heavy atom. The Morgan fingerprint density at radius 2 is 1.76 bits per heavy atom.